The summed E-state index contributed by atoms with van der Waals surface area (Å²) in [6.07, 6.45) is 3.95. The summed E-state index contributed by atoms with van der Waals surface area (Å²) in [5, 5.41) is 7.03. The van der Waals surface area contributed by atoms with Crippen molar-refractivity contribution in [3.05, 3.63) is 0 Å². The summed E-state index contributed by atoms with van der Waals surface area (Å²) in [5.74, 6) is 0. The Kier molecular flexibility index (Phi) is 6.22. The van der Waals surface area contributed by atoms with Gasteiger partial charge in [-0.15, -0.1) is 0 Å². The molecule has 0 aliphatic carbocycles. The molecule has 15 heavy (non-hydrogen) atoms. The van der Waals surface area contributed by atoms with E-state index < -0.39 is 0 Å². The van der Waals surface area contributed by atoms with Crippen molar-refractivity contribution >= 4 is 0 Å². The van der Waals surface area contributed by atoms with E-state index in [1.807, 2.05) is 0 Å². The minimum atomic E-state index is 0.668. The van der Waals surface area contributed by atoms with Gasteiger partial charge in [0.15, 0.2) is 0 Å². The molecule has 1 atom stereocenters. The van der Waals surface area contributed by atoms with Gasteiger partial charge < -0.3 is 15.5 Å². The highest BCUT2D eigenvalue weighted by Crippen LogP contribution is 2.02. The average Bonchev–Trinajstić information content (AvgIpc) is 2.69. The van der Waals surface area contributed by atoms with Crippen molar-refractivity contribution < 1.29 is 0 Å². The molecular formula is C12H27N3. The average molecular weight is 213 g/mol. The molecule has 90 valence electrons. The molecule has 1 aliphatic heterocycles. The number of rotatable bonds is 7. The molecule has 1 heterocycles. The Labute approximate surface area is 94.6 Å². The van der Waals surface area contributed by atoms with Gasteiger partial charge in [0.2, 0.25) is 0 Å². The molecule has 2 N–H and O–H groups in total. The number of nitrogens with zero attached hydrogens (tertiary/aromatic N) is 1. The van der Waals surface area contributed by atoms with Crippen LogP contribution in [0.4, 0.5) is 0 Å². The van der Waals surface area contributed by atoms with E-state index >= 15 is 0 Å². The lowest BCUT2D eigenvalue weighted by Crippen LogP contribution is -2.35. The fourth-order valence-electron chi connectivity index (χ4n) is 1.92. The summed E-state index contributed by atoms with van der Waals surface area (Å²) in [7, 11) is 2.20. The topological polar surface area (TPSA) is 27.3 Å². The fraction of sp³-hybridized carbons (Fsp3) is 1.00. The second kappa shape index (κ2) is 7.20. The fourth-order valence-corrected chi connectivity index (χ4v) is 1.92. The maximum Gasteiger partial charge on any atom is 0.0192 e. The van der Waals surface area contributed by atoms with Crippen LogP contribution in [0, 0.1) is 0 Å². The third-order valence-corrected chi connectivity index (χ3v) is 3.30. The SMILES string of the molecule is CC(C)N(C)CCCNCC1CCCN1. The van der Waals surface area contributed by atoms with Crippen molar-refractivity contribution in [3.8, 4) is 0 Å². The zero-order chi connectivity index (χ0) is 11.1. The van der Waals surface area contributed by atoms with Crippen LogP contribution in [-0.2, 0) is 0 Å². The first kappa shape index (κ1) is 12.9. The Bertz CT molecular complexity index is 149. The van der Waals surface area contributed by atoms with Crippen LogP contribution >= 0.6 is 0 Å². The first-order chi connectivity index (χ1) is 7.20. The molecule has 1 rings (SSSR count). The van der Waals surface area contributed by atoms with Crippen molar-refractivity contribution in [1.82, 2.24) is 15.5 Å². The molecule has 0 aromatic rings. The Hall–Kier alpha value is -0.120. The van der Waals surface area contributed by atoms with Crippen molar-refractivity contribution in [2.24, 2.45) is 0 Å². The van der Waals surface area contributed by atoms with Crippen molar-refractivity contribution in [3.63, 3.8) is 0 Å². The Morgan fingerprint density at radius 1 is 1.47 bits per heavy atom. The first-order valence-electron chi connectivity index (χ1n) is 6.34. The number of hydrogen-bond acceptors (Lipinski definition) is 3. The normalized spacial score (nSPS) is 21.8. The maximum absolute atomic E-state index is 3.53. The van der Waals surface area contributed by atoms with Crippen LogP contribution < -0.4 is 10.6 Å². The third kappa shape index (κ3) is 5.50. The van der Waals surface area contributed by atoms with Gasteiger partial charge in [-0.3, -0.25) is 0 Å². The van der Waals surface area contributed by atoms with Crippen LogP contribution in [0.15, 0.2) is 0 Å². The lowest BCUT2D eigenvalue weighted by atomic mass is 10.2. The van der Waals surface area contributed by atoms with Gasteiger partial charge >= 0.3 is 0 Å². The molecular weight excluding hydrogens is 186 g/mol. The lowest BCUT2D eigenvalue weighted by Gasteiger charge is -2.21. The minimum Gasteiger partial charge on any atom is -0.315 e. The molecule has 3 nitrogen and oxygen atoms in total. The highest BCUT2D eigenvalue weighted by molar-refractivity contribution is 4.76. The van der Waals surface area contributed by atoms with Gasteiger partial charge in [-0.1, -0.05) is 0 Å². The lowest BCUT2D eigenvalue weighted by molar-refractivity contribution is 0.269. The summed E-state index contributed by atoms with van der Waals surface area (Å²) < 4.78 is 0. The quantitative estimate of drug-likeness (QED) is 0.619. The van der Waals surface area contributed by atoms with E-state index in [0.717, 1.165) is 19.1 Å². The molecule has 1 unspecified atom stereocenters. The first-order valence-corrected chi connectivity index (χ1v) is 6.34. The van der Waals surface area contributed by atoms with Gasteiger partial charge in [-0.2, -0.15) is 0 Å². The number of hydrogen-bond donors (Lipinski definition) is 2. The molecule has 1 aliphatic rings. The van der Waals surface area contributed by atoms with Gasteiger partial charge in [0, 0.05) is 18.6 Å². The van der Waals surface area contributed by atoms with Crippen molar-refractivity contribution in [2.45, 2.75) is 45.2 Å². The molecule has 0 spiro atoms. The molecule has 0 amide bonds. The smallest absolute Gasteiger partial charge is 0.0192 e. The van der Waals surface area contributed by atoms with E-state index in [9.17, 15) is 0 Å². The standard InChI is InChI=1S/C12H27N3/c1-11(2)15(3)9-5-7-13-10-12-6-4-8-14-12/h11-14H,4-10H2,1-3H3. The molecule has 0 aromatic heterocycles. The van der Waals surface area contributed by atoms with E-state index in [2.05, 4.69) is 36.4 Å². The van der Waals surface area contributed by atoms with Crippen molar-refractivity contribution in [1.29, 1.82) is 0 Å². The molecule has 0 bridgehead atoms. The summed E-state index contributed by atoms with van der Waals surface area (Å²) in [6, 6.07) is 1.40. The van der Waals surface area contributed by atoms with Gasteiger partial charge in [0.25, 0.3) is 0 Å². The van der Waals surface area contributed by atoms with Crippen LogP contribution in [0.3, 0.4) is 0 Å². The molecule has 1 fully saturated rings. The van der Waals surface area contributed by atoms with Crippen LogP contribution in [0.2, 0.25) is 0 Å². The Morgan fingerprint density at radius 3 is 2.87 bits per heavy atom. The van der Waals surface area contributed by atoms with Crippen LogP contribution in [-0.4, -0.2) is 50.2 Å². The second-order valence-electron chi connectivity index (χ2n) is 4.93. The van der Waals surface area contributed by atoms with Gasteiger partial charge in [-0.05, 0) is 59.8 Å². The van der Waals surface area contributed by atoms with Crippen LogP contribution in [0.1, 0.15) is 33.1 Å². The highest BCUT2D eigenvalue weighted by Gasteiger charge is 2.12. The van der Waals surface area contributed by atoms with Crippen LogP contribution in [0.5, 0.6) is 0 Å². The maximum atomic E-state index is 3.53. The van der Waals surface area contributed by atoms with Gasteiger partial charge in [0.1, 0.15) is 0 Å². The summed E-state index contributed by atoms with van der Waals surface area (Å²) in [5.41, 5.74) is 0. The van der Waals surface area contributed by atoms with Crippen molar-refractivity contribution in [2.75, 3.05) is 33.2 Å². The predicted molar refractivity (Wildman–Crippen MR) is 66.3 cm³/mol. The van der Waals surface area contributed by atoms with Gasteiger partial charge in [-0.25, -0.2) is 0 Å². The largest absolute Gasteiger partial charge is 0.315 e. The summed E-state index contributed by atoms with van der Waals surface area (Å²) >= 11 is 0. The Balaban J connectivity index is 1.88. The molecule has 1 saturated heterocycles. The minimum absolute atomic E-state index is 0.668. The van der Waals surface area contributed by atoms with E-state index in [4.69, 9.17) is 0 Å². The zero-order valence-corrected chi connectivity index (χ0v) is 10.6. The van der Waals surface area contributed by atoms with E-state index in [0.29, 0.717) is 6.04 Å². The molecule has 0 aromatic carbocycles. The highest BCUT2D eigenvalue weighted by atomic mass is 15.1. The van der Waals surface area contributed by atoms with Crippen LogP contribution in [0.25, 0.3) is 0 Å². The van der Waals surface area contributed by atoms with E-state index in [1.54, 1.807) is 0 Å². The van der Waals surface area contributed by atoms with E-state index in [-0.39, 0.29) is 0 Å². The second-order valence-corrected chi connectivity index (χ2v) is 4.93. The monoisotopic (exact) mass is 213 g/mol. The predicted octanol–water partition coefficient (Wildman–Crippen LogP) is 1.06. The summed E-state index contributed by atoms with van der Waals surface area (Å²) in [6.45, 7) is 9.19. The molecule has 3 heteroatoms. The third-order valence-electron chi connectivity index (χ3n) is 3.30. The summed E-state index contributed by atoms with van der Waals surface area (Å²) in [4.78, 5) is 2.40. The Morgan fingerprint density at radius 2 is 2.27 bits per heavy atom. The number of nitrogens with one attached hydrogen (secondary N) is 2. The molecule has 0 radical (unpaired) electrons. The zero-order valence-electron chi connectivity index (χ0n) is 10.6. The molecule has 0 saturated carbocycles. The van der Waals surface area contributed by atoms with Gasteiger partial charge in [0.05, 0.1) is 0 Å². The van der Waals surface area contributed by atoms with E-state index in [1.165, 1.54) is 32.4 Å².